The summed E-state index contributed by atoms with van der Waals surface area (Å²) >= 11 is 13.4. The number of benzene rings is 3. The Morgan fingerprint density at radius 3 is 2.40 bits per heavy atom. The smallest absolute Gasteiger partial charge is 0.271 e. The lowest BCUT2D eigenvalue weighted by Crippen LogP contribution is -2.43. The highest BCUT2D eigenvalue weighted by atomic mass is 35.5. The average Bonchev–Trinajstić information content (AvgIpc) is 3.35. The number of likely N-dealkylation sites (N-methyl/N-ethyl adjacent to an activating group) is 1. The van der Waals surface area contributed by atoms with Gasteiger partial charge >= 0.3 is 0 Å². The Labute approximate surface area is 275 Å². The molecule has 3 aromatic carbocycles. The molecule has 0 spiro atoms. The zero-order valence-electron chi connectivity index (χ0n) is 25.6. The van der Waals surface area contributed by atoms with E-state index < -0.39 is 6.04 Å². The van der Waals surface area contributed by atoms with Gasteiger partial charge in [-0.1, -0.05) is 64.9 Å². The molecule has 234 valence electrons. The highest BCUT2D eigenvalue weighted by molar-refractivity contribution is 7.07. The van der Waals surface area contributed by atoms with Gasteiger partial charge < -0.3 is 19.1 Å². The normalized spacial score (nSPS) is 14.6. The van der Waals surface area contributed by atoms with Gasteiger partial charge in [-0.25, -0.2) is 4.99 Å². The number of aromatic nitrogens is 1. The third-order valence-electron chi connectivity index (χ3n) is 7.60. The van der Waals surface area contributed by atoms with Crippen LogP contribution in [-0.4, -0.2) is 42.7 Å². The van der Waals surface area contributed by atoms with Crippen LogP contribution in [0.3, 0.4) is 0 Å². The molecule has 0 radical (unpaired) electrons. The van der Waals surface area contributed by atoms with Crippen molar-refractivity contribution in [3.8, 4) is 17.2 Å². The van der Waals surface area contributed by atoms with Crippen molar-refractivity contribution in [3.05, 3.63) is 118 Å². The molecule has 0 unspecified atom stereocenters. The quantitative estimate of drug-likeness (QED) is 0.207. The van der Waals surface area contributed by atoms with Crippen molar-refractivity contribution in [2.24, 2.45) is 4.99 Å². The van der Waals surface area contributed by atoms with Gasteiger partial charge in [-0.05, 0) is 68.3 Å². The van der Waals surface area contributed by atoms with E-state index in [0.717, 1.165) is 11.1 Å². The molecule has 1 atom stereocenters. The lowest BCUT2D eigenvalue weighted by Gasteiger charge is -2.29. The van der Waals surface area contributed by atoms with Crippen LogP contribution in [0.5, 0.6) is 17.2 Å². The Morgan fingerprint density at radius 1 is 0.978 bits per heavy atom. The van der Waals surface area contributed by atoms with Crippen molar-refractivity contribution in [3.63, 3.8) is 0 Å². The zero-order valence-corrected chi connectivity index (χ0v) is 27.9. The minimum absolute atomic E-state index is 0.160. The van der Waals surface area contributed by atoms with Crippen LogP contribution in [0.25, 0.3) is 6.08 Å². The van der Waals surface area contributed by atoms with Crippen molar-refractivity contribution >= 4 is 46.5 Å². The van der Waals surface area contributed by atoms with Gasteiger partial charge in [0.15, 0.2) is 16.3 Å². The summed E-state index contributed by atoms with van der Waals surface area (Å²) in [5.41, 5.74) is 3.07. The van der Waals surface area contributed by atoms with Gasteiger partial charge in [0.25, 0.3) is 11.5 Å². The number of hydrogen-bond acceptors (Lipinski definition) is 7. The van der Waals surface area contributed by atoms with E-state index in [4.69, 9.17) is 42.4 Å². The fourth-order valence-corrected chi connectivity index (χ4v) is 6.67. The summed E-state index contributed by atoms with van der Waals surface area (Å²) < 4.78 is 19.4. The number of allylic oxidation sites excluding steroid dienone is 1. The Bertz CT molecular complexity index is 1960. The number of amides is 1. The van der Waals surface area contributed by atoms with Crippen LogP contribution >= 0.6 is 34.5 Å². The van der Waals surface area contributed by atoms with Crippen molar-refractivity contribution < 1.29 is 19.0 Å². The standard InChI is InChI=1S/C34H33Cl2N3O5S/c1-6-38(7-2)33(41)30-20(3)37-34-39(31(30)23-10-8-9-11-26(23)42-4)32(40)29(45-34)18-21-13-15-27(28(17-21)43-5)44-19-22-12-14-24(35)25(36)16-22/h8-18,31H,6-7,19H2,1-5H3/b29-18+/t31-/m1/s1. The summed E-state index contributed by atoms with van der Waals surface area (Å²) in [6.45, 7) is 7.01. The maximum atomic E-state index is 14.1. The Morgan fingerprint density at radius 2 is 1.71 bits per heavy atom. The third-order valence-corrected chi connectivity index (χ3v) is 9.32. The van der Waals surface area contributed by atoms with Crippen LogP contribution in [0.2, 0.25) is 10.0 Å². The summed E-state index contributed by atoms with van der Waals surface area (Å²) in [4.78, 5) is 35.0. The minimum Gasteiger partial charge on any atom is -0.496 e. The fraction of sp³-hybridized carbons (Fsp3) is 0.265. The molecule has 0 saturated heterocycles. The fourth-order valence-electron chi connectivity index (χ4n) is 5.30. The highest BCUT2D eigenvalue weighted by Crippen LogP contribution is 2.36. The molecule has 1 aromatic heterocycles. The van der Waals surface area contributed by atoms with Crippen LogP contribution in [0.4, 0.5) is 0 Å². The van der Waals surface area contributed by atoms with E-state index in [1.165, 1.54) is 11.3 Å². The molecular formula is C34H33Cl2N3O5S. The Hall–Kier alpha value is -4.05. The largest absolute Gasteiger partial charge is 0.496 e. The molecule has 1 aliphatic heterocycles. The first-order chi connectivity index (χ1) is 21.7. The second-order valence-corrected chi connectivity index (χ2v) is 12.1. The van der Waals surface area contributed by atoms with E-state index in [9.17, 15) is 9.59 Å². The van der Waals surface area contributed by atoms with Crippen LogP contribution in [-0.2, 0) is 11.4 Å². The van der Waals surface area contributed by atoms with Crippen LogP contribution in [0.15, 0.2) is 81.7 Å². The number of fused-ring (bicyclic) bond motifs is 1. The number of carbonyl (C=O) groups is 1. The zero-order chi connectivity index (χ0) is 32.2. The van der Waals surface area contributed by atoms with E-state index in [0.29, 0.717) is 66.6 Å². The highest BCUT2D eigenvalue weighted by Gasteiger charge is 2.35. The second-order valence-electron chi connectivity index (χ2n) is 10.2. The second kappa shape index (κ2) is 13.9. The van der Waals surface area contributed by atoms with Crippen molar-refractivity contribution in [1.29, 1.82) is 0 Å². The molecule has 1 aliphatic rings. The first-order valence-electron chi connectivity index (χ1n) is 14.4. The molecule has 0 N–H and O–H groups in total. The summed E-state index contributed by atoms with van der Waals surface area (Å²) in [7, 11) is 3.14. The van der Waals surface area contributed by atoms with Gasteiger partial charge in [0.2, 0.25) is 0 Å². The van der Waals surface area contributed by atoms with Crippen LogP contribution in [0.1, 0.15) is 43.5 Å². The Balaban J connectivity index is 1.57. The molecule has 8 nitrogen and oxygen atoms in total. The average molecular weight is 667 g/mol. The van der Waals surface area contributed by atoms with Gasteiger partial charge in [-0.2, -0.15) is 0 Å². The first kappa shape index (κ1) is 32.3. The molecule has 0 bridgehead atoms. The number of para-hydroxylation sites is 1. The van der Waals surface area contributed by atoms with Gasteiger partial charge in [-0.15, -0.1) is 0 Å². The number of thiazole rings is 1. The maximum absolute atomic E-state index is 14.1. The summed E-state index contributed by atoms with van der Waals surface area (Å²) in [5, 5.41) is 0.929. The number of methoxy groups -OCH3 is 2. The lowest BCUT2D eigenvalue weighted by atomic mass is 9.94. The Kier molecular flexibility index (Phi) is 10.0. The molecule has 0 aliphatic carbocycles. The molecule has 0 saturated carbocycles. The molecule has 2 heterocycles. The third kappa shape index (κ3) is 6.52. The van der Waals surface area contributed by atoms with E-state index in [1.807, 2.05) is 57.2 Å². The SMILES string of the molecule is CCN(CC)C(=O)C1=C(C)N=c2s/c(=C/c3ccc(OCc4ccc(Cl)c(Cl)c4)c(OC)c3)c(=O)n2[C@@H]1c1ccccc1OC. The summed E-state index contributed by atoms with van der Waals surface area (Å²) in [6, 6.07) is 17.5. The minimum atomic E-state index is -0.709. The molecule has 1 amide bonds. The topological polar surface area (TPSA) is 82.4 Å². The molecule has 5 rings (SSSR count). The van der Waals surface area contributed by atoms with E-state index in [1.54, 1.807) is 54.0 Å². The van der Waals surface area contributed by atoms with E-state index >= 15 is 0 Å². The predicted octanol–water partition coefficient (Wildman–Crippen LogP) is 6.01. The number of ether oxygens (including phenoxy) is 3. The predicted molar refractivity (Wildman–Crippen MR) is 178 cm³/mol. The number of nitrogens with zero attached hydrogens (tertiary/aromatic N) is 3. The van der Waals surface area contributed by atoms with Crippen molar-refractivity contribution in [2.45, 2.75) is 33.4 Å². The summed E-state index contributed by atoms with van der Waals surface area (Å²) in [5.74, 6) is 1.46. The first-order valence-corrected chi connectivity index (χ1v) is 16.0. The van der Waals surface area contributed by atoms with Gasteiger partial charge in [0.05, 0.1) is 40.1 Å². The maximum Gasteiger partial charge on any atom is 0.271 e. The molecule has 4 aromatic rings. The van der Waals surface area contributed by atoms with Gasteiger partial charge in [-0.3, -0.25) is 14.2 Å². The molecule has 45 heavy (non-hydrogen) atoms. The van der Waals surface area contributed by atoms with E-state index in [-0.39, 0.29) is 18.1 Å². The van der Waals surface area contributed by atoms with Crippen LogP contribution in [0, 0.1) is 0 Å². The van der Waals surface area contributed by atoms with Crippen LogP contribution < -0.4 is 29.1 Å². The number of hydrogen-bond donors (Lipinski definition) is 0. The molecule has 11 heteroatoms. The summed E-state index contributed by atoms with van der Waals surface area (Å²) in [6.07, 6.45) is 1.79. The monoisotopic (exact) mass is 665 g/mol. The van der Waals surface area contributed by atoms with Crippen molar-refractivity contribution in [2.75, 3.05) is 27.3 Å². The van der Waals surface area contributed by atoms with Crippen molar-refractivity contribution in [1.82, 2.24) is 9.47 Å². The molecule has 0 fully saturated rings. The molecular weight excluding hydrogens is 633 g/mol. The van der Waals surface area contributed by atoms with Gasteiger partial charge in [0.1, 0.15) is 18.4 Å². The number of rotatable bonds is 10. The van der Waals surface area contributed by atoms with Gasteiger partial charge in [0, 0.05) is 18.7 Å². The number of carbonyl (C=O) groups excluding carboxylic acids is 1. The number of halogens is 2. The lowest BCUT2D eigenvalue weighted by molar-refractivity contribution is -0.127. The van der Waals surface area contributed by atoms with E-state index in [2.05, 4.69) is 0 Å².